The highest BCUT2D eigenvalue weighted by Gasteiger charge is 2.10. The molecular weight excluding hydrogens is 284 g/mol. The average Bonchev–Trinajstić information content (AvgIpc) is 2.92. The predicted octanol–water partition coefficient (Wildman–Crippen LogP) is 3.04. The molecule has 0 aliphatic carbocycles. The summed E-state index contributed by atoms with van der Waals surface area (Å²) in [7, 11) is 0. The first kappa shape index (κ1) is 13.6. The summed E-state index contributed by atoms with van der Waals surface area (Å²) in [5.41, 5.74) is 0.906. The van der Waals surface area contributed by atoms with E-state index in [1.165, 1.54) is 11.3 Å². The van der Waals surface area contributed by atoms with Gasteiger partial charge in [0.2, 0.25) is 0 Å². The van der Waals surface area contributed by atoms with Crippen molar-refractivity contribution in [2.75, 3.05) is 0 Å². The molecule has 3 amide bonds. The molecule has 0 aliphatic rings. The van der Waals surface area contributed by atoms with E-state index in [1.54, 1.807) is 29.6 Å². The number of nitrogens with one attached hydrogen (secondary N) is 2. The summed E-state index contributed by atoms with van der Waals surface area (Å²) in [6, 6.07) is 10.00. The van der Waals surface area contributed by atoms with Gasteiger partial charge < -0.3 is 5.32 Å². The van der Waals surface area contributed by atoms with Crippen LogP contribution in [0.5, 0.6) is 0 Å². The molecule has 0 spiro atoms. The van der Waals surface area contributed by atoms with Gasteiger partial charge in [0.25, 0.3) is 5.91 Å². The summed E-state index contributed by atoms with van der Waals surface area (Å²) in [4.78, 5) is 23.6. The quantitative estimate of drug-likeness (QED) is 0.914. The third-order valence-electron chi connectivity index (χ3n) is 2.34. The second kappa shape index (κ2) is 6.36. The molecule has 1 heterocycles. The normalized spacial score (nSPS) is 9.95. The number of carbonyl (C=O) groups is 2. The van der Waals surface area contributed by atoms with E-state index in [2.05, 4.69) is 10.6 Å². The fraction of sp³-hybridized carbons (Fsp3) is 0.0769. The van der Waals surface area contributed by atoms with Crippen molar-refractivity contribution in [1.82, 2.24) is 10.6 Å². The Bertz CT molecular complexity index is 567. The molecule has 98 valence electrons. The third-order valence-corrected chi connectivity index (χ3v) is 3.46. The van der Waals surface area contributed by atoms with Crippen molar-refractivity contribution in [2.24, 2.45) is 0 Å². The van der Waals surface area contributed by atoms with Gasteiger partial charge >= 0.3 is 6.03 Å². The second-order valence-corrected chi connectivity index (χ2v) is 5.12. The number of hydrogen-bond donors (Lipinski definition) is 2. The van der Waals surface area contributed by atoms with Crippen LogP contribution in [0, 0.1) is 0 Å². The highest BCUT2D eigenvalue weighted by atomic mass is 35.5. The van der Waals surface area contributed by atoms with Crippen molar-refractivity contribution >= 4 is 34.9 Å². The molecule has 1 aromatic carbocycles. The van der Waals surface area contributed by atoms with Crippen LogP contribution in [-0.4, -0.2) is 11.9 Å². The first-order valence-electron chi connectivity index (χ1n) is 5.52. The van der Waals surface area contributed by atoms with Crippen molar-refractivity contribution in [3.63, 3.8) is 0 Å². The first-order chi connectivity index (χ1) is 9.15. The molecule has 1 aromatic heterocycles. The van der Waals surface area contributed by atoms with Gasteiger partial charge in [-0.3, -0.25) is 10.1 Å². The van der Waals surface area contributed by atoms with Gasteiger partial charge in [0.15, 0.2) is 0 Å². The summed E-state index contributed by atoms with van der Waals surface area (Å²) in [5, 5.41) is 7.28. The summed E-state index contributed by atoms with van der Waals surface area (Å²) < 4.78 is 0. The Morgan fingerprint density at radius 1 is 1.16 bits per heavy atom. The van der Waals surface area contributed by atoms with Crippen molar-refractivity contribution < 1.29 is 9.59 Å². The molecule has 0 atom stereocenters. The topological polar surface area (TPSA) is 58.2 Å². The molecule has 0 saturated heterocycles. The molecule has 0 unspecified atom stereocenters. The van der Waals surface area contributed by atoms with Gasteiger partial charge in [-0.25, -0.2) is 4.79 Å². The molecule has 19 heavy (non-hydrogen) atoms. The minimum atomic E-state index is -0.520. The van der Waals surface area contributed by atoms with Crippen LogP contribution >= 0.6 is 22.9 Å². The number of rotatable bonds is 3. The number of benzene rings is 1. The van der Waals surface area contributed by atoms with Gasteiger partial charge in [0, 0.05) is 11.6 Å². The molecule has 0 radical (unpaired) electrons. The van der Waals surface area contributed by atoms with Crippen LogP contribution in [0.1, 0.15) is 15.2 Å². The summed E-state index contributed by atoms with van der Waals surface area (Å²) in [6.45, 7) is 0.334. The maximum Gasteiger partial charge on any atom is 0.322 e. The molecule has 0 aliphatic heterocycles. The molecule has 0 bridgehead atoms. The lowest BCUT2D eigenvalue weighted by Crippen LogP contribution is -2.38. The molecule has 4 nitrogen and oxygen atoms in total. The lowest BCUT2D eigenvalue weighted by molar-refractivity contribution is 0.0968. The number of hydrogen-bond acceptors (Lipinski definition) is 3. The van der Waals surface area contributed by atoms with Crippen molar-refractivity contribution in [3.8, 4) is 0 Å². The highest BCUT2D eigenvalue weighted by Crippen LogP contribution is 2.09. The van der Waals surface area contributed by atoms with Gasteiger partial charge in [-0.1, -0.05) is 29.8 Å². The van der Waals surface area contributed by atoms with Gasteiger partial charge in [-0.05, 0) is 29.1 Å². The molecule has 0 fully saturated rings. The molecule has 2 rings (SSSR count). The summed E-state index contributed by atoms with van der Waals surface area (Å²) in [6.07, 6.45) is 0. The number of amides is 3. The van der Waals surface area contributed by atoms with E-state index in [0.29, 0.717) is 16.4 Å². The summed E-state index contributed by atoms with van der Waals surface area (Å²) in [5.74, 6) is -0.399. The number of urea groups is 1. The zero-order valence-corrected chi connectivity index (χ0v) is 11.4. The average molecular weight is 295 g/mol. The predicted molar refractivity (Wildman–Crippen MR) is 75.5 cm³/mol. The van der Waals surface area contributed by atoms with E-state index in [1.807, 2.05) is 12.1 Å². The van der Waals surface area contributed by atoms with Crippen LogP contribution in [0.15, 0.2) is 41.8 Å². The van der Waals surface area contributed by atoms with Crippen molar-refractivity contribution in [3.05, 3.63) is 57.2 Å². The largest absolute Gasteiger partial charge is 0.334 e. The minimum absolute atomic E-state index is 0.334. The zero-order valence-electron chi connectivity index (χ0n) is 9.85. The Morgan fingerprint density at radius 3 is 2.53 bits per heavy atom. The lowest BCUT2D eigenvalue weighted by atomic mass is 10.2. The van der Waals surface area contributed by atoms with Gasteiger partial charge in [0.05, 0.1) is 4.88 Å². The summed E-state index contributed by atoms with van der Waals surface area (Å²) >= 11 is 7.04. The van der Waals surface area contributed by atoms with Crippen LogP contribution in [0.4, 0.5) is 4.79 Å². The van der Waals surface area contributed by atoms with Crippen LogP contribution in [0.3, 0.4) is 0 Å². The van der Waals surface area contributed by atoms with Crippen LogP contribution < -0.4 is 10.6 Å². The van der Waals surface area contributed by atoms with Crippen molar-refractivity contribution in [2.45, 2.75) is 6.54 Å². The fourth-order valence-electron chi connectivity index (χ4n) is 1.40. The van der Waals surface area contributed by atoms with E-state index in [0.717, 1.165) is 5.56 Å². The monoisotopic (exact) mass is 294 g/mol. The molecule has 0 saturated carbocycles. The standard InChI is InChI=1S/C13H11ClN2O2S/c14-10-5-3-9(4-6-10)8-15-13(18)16-12(17)11-2-1-7-19-11/h1-7H,8H2,(H2,15,16,17,18). The molecular formula is C13H11ClN2O2S. The maximum absolute atomic E-state index is 11.6. The van der Waals surface area contributed by atoms with E-state index < -0.39 is 11.9 Å². The van der Waals surface area contributed by atoms with Gasteiger partial charge in [-0.2, -0.15) is 0 Å². The van der Waals surface area contributed by atoms with E-state index in [9.17, 15) is 9.59 Å². The number of carbonyl (C=O) groups excluding carboxylic acids is 2. The zero-order chi connectivity index (χ0) is 13.7. The van der Waals surface area contributed by atoms with E-state index >= 15 is 0 Å². The third kappa shape index (κ3) is 4.08. The Hall–Kier alpha value is -1.85. The maximum atomic E-state index is 11.6. The van der Waals surface area contributed by atoms with Crippen LogP contribution in [0.2, 0.25) is 5.02 Å². The molecule has 6 heteroatoms. The van der Waals surface area contributed by atoms with Gasteiger partial charge in [-0.15, -0.1) is 11.3 Å². The van der Waals surface area contributed by atoms with Gasteiger partial charge in [0.1, 0.15) is 0 Å². The fourth-order valence-corrected chi connectivity index (χ4v) is 2.15. The SMILES string of the molecule is O=C(NCc1ccc(Cl)cc1)NC(=O)c1cccs1. The first-order valence-corrected chi connectivity index (χ1v) is 6.78. The Kier molecular flexibility index (Phi) is 4.54. The smallest absolute Gasteiger partial charge is 0.322 e. The number of imide groups is 1. The molecule has 2 aromatic rings. The Labute approximate surface area is 119 Å². The lowest BCUT2D eigenvalue weighted by Gasteiger charge is -2.06. The molecule has 2 N–H and O–H groups in total. The number of thiophene rings is 1. The van der Waals surface area contributed by atoms with Crippen LogP contribution in [0.25, 0.3) is 0 Å². The van der Waals surface area contributed by atoms with E-state index in [-0.39, 0.29) is 0 Å². The van der Waals surface area contributed by atoms with Crippen molar-refractivity contribution in [1.29, 1.82) is 0 Å². The highest BCUT2D eigenvalue weighted by molar-refractivity contribution is 7.12. The minimum Gasteiger partial charge on any atom is -0.334 e. The Morgan fingerprint density at radius 2 is 1.89 bits per heavy atom. The number of halogens is 1. The van der Waals surface area contributed by atoms with Crippen LogP contribution in [-0.2, 0) is 6.54 Å². The second-order valence-electron chi connectivity index (χ2n) is 3.74. The van der Waals surface area contributed by atoms with E-state index in [4.69, 9.17) is 11.6 Å². The Balaban J connectivity index is 1.82.